The molecule has 0 radical (unpaired) electrons. The number of nitrogens with zero attached hydrogens (tertiary/aromatic N) is 2. The summed E-state index contributed by atoms with van der Waals surface area (Å²) < 4.78 is 2.05. The number of imidazole rings is 1. The molecular formula is C14H18N2O. The summed E-state index contributed by atoms with van der Waals surface area (Å²) in [6.07, 6.45) is 0.600. The monoisotopic (exact) mass is 230 g/mol. The van der Waals surface area contributed by atoms with Crippen LogP contribution < -0.4 is 0 Å². The highest BCUT2D eigenvalue weighted by Gasteiger charge is 2.11. The number of aliphatic hydroxyl groups is 1. The van der Waals surface area contributed by atoms with Crippen LogP contribution in [0.15, 0.2) is 24.3 Å². The highest BCUT2D eigenvalue weighted by Crippen LogP contribution is 2.23. The number of rotatable bonds is 3. The van der Waals surface area contributed by atoms with Crippen molar-refractivity contribution in [2.24, 2.45) is 7.05 Å². The zero-order valence-corrected chi connectivity index (χ0v) is 10.6. The summed E-state index contributed by atoms with van der Waals surface area (Å²) in [4.78, 5) is 4.60. The van der Waals surface area contributed by atoms with E-state index in [2.05, 4.69) is 43.1 Å². The fourth-order valence-electron chi connectivity index (χ4n) is 1.95. The maximum atomic E-state index is 9.00. The van der Waals surface area contributed by atoms with Crippen molar-refractivity contribution in [3.05, 3.63) is 41.3 Å². The first-order chi connectivity index (χ1) is 8.13. The van der Waals surface area contributed by atoms with E-state index in [1.54, 1.807) is 0 Å². The summed E-state index contributed by atoms with van der Waals surface area (Å²) >= 11 is 0. The van der Waals surface area contributed by atoms with E-state index in [0.29, 0.717) is 6.42 Å². The van der Waals surface area contributed by atoms with Crippen LogP contribution in [0.2, 0.25) is 0 Å². The number of hydrogen-bond acceptors (Lipinski definition) is 2. The molecule has 0 fully saturated rings. The topological polar surface area (TPSA) is 38.1 Å². The van der Waals surface area contributed by atoms with Crippen LogP contribution in [0.1, 0.15) is 17.1 Å². The molecule has 2 aromatic rings. The summed E-state index contributed by atoms with van der Waals surface area (Å²) in [5, 5.41) is 9.00. The highest BCUT2D eigenvalue weighted by molar-refractivity contribution is 5.62. The van der Waals surface area contributed by atoms with Gasteiger partial charge in [0, 0.05) is 24.7 Å². The first kappa shape index (κ1) is 11.9. The molecule has 0 saturated heterocycles. The molecule has 0 amide bonds. The Hall–Kier alpha value is -1.61. The number of aryl methyl sites for hydroxylation is 1. The molecule has 1 heterocycles. The average molecular weight is 230 g/mol. The van der Waals surface area contributed by atoms with Gasteiger partial charge in [-0.05, 0) is 13.8 Å². The van der Waals surface area contributed by atoms with Crippen LogP contribution in [0.25, 0.3) is 11.3 Å². The average Bonchev–Trinajstić information content (AvgIpc) is 2.59. The molecule has 1 aromatic carbocycles. The van der Waals surface area contributed by atoms with Crippen LogP contribution in [0.5, 0.6) is 0 Å². The summed E-state index contributed by atoms with van der Waals surface area (Å²) in [7, 11) is 1.99. The van der Waals surface area contributed by atoms with E-state index in [0.717, 1.165) is 22.8 Å². The van der Waals surface area contributed by atoms with Crippen molar-refractivity contribution in [1.82, 2.24) is 9.55 Å². The fourth-order valence-corrected chi connectivity index (χ4v) is 1.95. The van der Waals surface area contributed by atoms with Gasteiger partial charge in [-0.25, -0.2) is 4.98 Å². The molecule has 0 aliphatic heterocycles. The first-order valence-electron chi connectivity index (χ1n) is 5.83. The fraction of sp³-hybridized carbons (Fsp3) is 0.357. The Bertz CT molecular complexity index is 512. The van der Waals surface area contributed by atoms with E-state index in [4.69, 9.17) is 5.11 Å². The maximum absolute atomic E-state index is 9.00. The lowest BCUT2D eigenvalue weighted by atomic mass is 10.1. The predicted octanol–water partition coefficient (Wildman–Crippen LogP) is 2.24. The van der Waals surface area contributed by atoms with E-state index in [1.807, 2.05) is 11.6 Å². The van der Waals surface area contributed by atoms with Gasteiger partial charge in [0.25, 0.3) is 0 Å². The molecule has 1 aromatic heterocycles. The number of aromatic nitrogens is 2. The summed E-state index contributed by atoms with van der Waals surface area (Å²) in [6.45, 7) is 4.27. The van der Waals surface area contributed by atoms with Crippen molar-refractivity contribution in [3.63, 3.8) is 0 Å². The molecule has 3 heteroatoms. The summed E-state index contributed by atoms with van der Waals surface area (Å²) in [5.41, 5.74) is 4.53. The minimum atomic E-state index is 0.137. The van der Waals surface area contributed by atoms with Crippen molar-refractivity contribution in [1.29, 1.82) is 0 Å². The second kappa shape index (κ2) is 4.72. The third-order valence-corrected chi connectivity index (χ3v) is 3.13. The van der Waals surface area contributed by atoms with Crippen molar-refractivity contribution in [3.8, 4) is 11.3 Å². The van der Waals surface area contributed by atoms with E-state index in [-0.39, 0.29) is 6.61 Å². The number of hydrogen-bond donors (Lipinski definition) is 1. The van der Waals surface area contributed by atoms with Crippen LogP contribution in [0.3, 0.4) is 0 Å². The van der Waals surface area contributed by atoms with Gasteiger partial charge in [-0.1, -0.05) is 29.8 Å². The predicted molar refractivity (Wildman–Crippen MR) is 68.9 cm³/mol. The molecule has 0 saturated carbocycles. The Morgan fingerprint density at radius 1 is 1.18 bits per heavy atom. The van der Waals surface area contributed by atoms with Crippen LogP contribution in [-0.4, -0.2) is 21.3 Å². The van der Waals surface area contributed by atoms with Gasteiger partial charge in [0.15, 0.2) is 0 Å². The quantitative estimate of drug-likeness (QED) is 0.878. The van der Waals surface area contributed by atoms with Gasteiger partial charge in [-0.3, -0.25) is 0 Å². The molecule has 3 nitrogen and oxygen atoms in total. The zero-order valence-electron chi connectivity index (χ0n) is 10.6. The third kappa shape index (κ3) is 2.24. The van der Waals surface area contributed by atoms with Crippen LogP contribution in [0, 0.1) is 13.8 Å². The number of benzene rings is 1. The Kier molecular flexibility index (Phi) is 3.29. The van der Waals surface area contributed by atoms with Gasteiger partial charge >= 0.3 is 0 Å². The SMILES string of the molecule is Cc1ccc(-c2nc(CCO)n(C)c2C)cc1. The summed E-state index contributed by atoms with van der Waals surface area (Å²) in [6, 6.07) is 8.37. The van der Waals surface area contributed by atoms with Gasteiger partial charge in [-0.15, -0.1) is 0 Å². The van der Waals surface area contributed by atoms with Crippen molar-refractivity contribution >= 4 is 0 Å². The Morgan fingerprint density at radius 3 is 2.41 bits per heavy atom. The minimum absolute atomic E-state index is 0.137. The lowest BCUT2D eigenvalue weighted by Crippen LogP contribution is -2.01. The second-order valence-corrected chi connectivity index (χ2v) is 4.36. The Balaban J connectivity index is 2.45. The van der Waals surface area contributed by atoms with Crippen molar-refractivity contribution in [2.45, 2.75) is 20.3 Å². The second-order valence-electron chi connectivity index (χ2n) is 4.36. The molecule has 0 bridgehead atoms. The molecule has 17 heavy (non-hydrogen) atoms. The lowest BCUT2D eigenvalue weighted by Gasteiger charge is -2.01. The molecule has 0 aliphatic carbocycles. The molecule has 90 valence electrons. The smallest absolute Gasteiger partial charge is 0.111 e. The third-order valence-electron chi connectivity index (χ3n) is 3.13. The van der Waals surface area contributed by atoms with Crippen molar-refractivity contribution < 1.29 is 5.11 Å². The molecule has 2 rings (SSSR count). The van der Waals surface area contributed by atoms with Gasteiger partial charge in [0.1, 0.15) is 5.82 Å². The Morgan fingerprint density at radius 2 is 1.82 bits per heavy atom. The largest absolute Gasteiger partial charge is 0.396 e. The van der Waals surface area contributed by atoms with Crippen molar-refractivity contribution in [2.75, 3.05) is 6.61 Å². The lowest BCUT2D eigenvalue weighted by molar-refractivity contribution is 0.295. The minimum Gasteiger partial charge on any atom is -0.396 e. The molecule has 0 aliphatic rings. The normalized spacial score (nSPS) is 10.8. The van der Waals surface area contributed by atoms with Crippen LogP contribution in [-0.2, 0) is 13.5 Å². The Labute approximate surface area is 102 Å². The van der Waals surface area contributed by atoms with E-state index < -0.39 is 0 Å². The van der Waals surface area contributed by atoms with Gasteiger partial charge in [-0.2, -0.15) is 0 Å². The van der Waals surface area contributed by atoms with Gasteiger partial charge in [0.2, 0.25) is 0 Å². The number of aliphatic hydroxyl groups excluding tert-OH is 1. The standard InChI is InChI=1S/C14H18N2O/c1-10-4-6-12(7-5-10)14-11(2)16(3)13(15-14)8-9-17/h4-7,17H,8-9H2,1-3H3. The molecule has 0 unspecified atom stereocenters. The molecular weight excluding hydrogens is 212 g/mol. The molecule has 1 N–H and O–H groups in total. The molecule has 0 atom stereocenters. The highest BCUT2D eigenvalue weighted by atomic mass is 16.3. The van der Waals surface area contributed by atoms with Crippen LogP contribution >= 0.6 is 0 Å². The van der Waals surface area contributed by atoms with E-state index >= 15 is 0 Å². The van der Waals surface area contributed by atoms with E-state index in [9.17, 15) is 0 Å². The van der Waals surface area contributed by atoms with Gasteiger partial charge < -0.3 is 9.67 Å². The molecule has 0 spiro atoms. The van der Waals surface area contributed by atoms with Gasteiger partial charge in [0.05, 0.1) is 12.3 Å². The summed E-state index contributed by atoms with van der Waals surface area (Å²) in [5.74, 6) is 0.931. The van der Waals surface area contributed by atoms with E-state index in [1.165, 1.54) is 5.56 Å². The first-order valence-corrected chi connectivity index (χ1v) is 5.83. The van der Waals surface area contributed by atoms with Crippen LogP contribution in [0.4, 0.5) is 0 Å². The maximum Gasteiger partial charge on any atom is 0.111 e. The zero-order chi connectivity index (χ0) is 12.4.